The van der Waals surface area contributed by atoms with E-state index in [4.69, 9.17) is 5.73 Å². The summed E-state index contributed by atoms with van der Waals surface area (Å²) in [5.41, 5.74) is 17.4. The molecule has 1 saturated carbocycles. The fourth-order valence-electron chi connectivity index (χ4n) is 6.87. The number of halogens is 1. The molecule has 0 saturated heterocycles. The summed E-state index contributed by atoms with van der Waals surface area (Å²) in [5.74, 6) is 1.93. The predicted molar refractivity (Wildman–Crippen MR) is 273 cm³/mol. The Kier molecular flexibility index (Phi) is 53.3. The van der Waals surface area contributed by atoms with Gasteiger partial charge in [-0.25, -0.2) is 16.5 Å². The number of hydrogen-bond donors (Lipinski definition) is 1. The van der Waals surface area contributed by atoms with Crippen LogP contribution in [0.2, 0.25) is 0 Å². The van der Waals surface area contributed by atoms with Crippen molar-refractivity contribution in [2.45, 2.75) is 207 Å². The zero-order valence-corrected chi connectivity index (χ0v) is 45.9. The molecular weight excluding hydrogens is 903 g/mol. The third kappa shape index (κ3) is 36.3. The molecule has 2 N–H and O–H groups in total. The number of unbranched alkanes of at least 4 members (excludes halogenated alkanes) is 4. The van der Waals surface area contributed by atoms with E-state index >= 15 is 0 Å². The van der Waals surface area contributed by atoms with Crippen LogP contribution in [0.1, 0.15) is 211 Å². The van der Waals surface area contributed by atoms with Crippen molar-refractivity contribution in [3.8, 4) is 0 Å². The van der Waals surface area contributed by atoms with Gasteiger partial charge in [-0.15, -0.1) is 12.3 Å². The second-order valence-corrected chi connectivity index (χ2v) is 16.4. The largest absolute Gasteiger partial charge is 0.699 e. The molecule has 0 aromatic heterocycles. The zero-order valence-electron chi connectivity index (χ0n) is 43.0. The first kappa shape index (κ1) is 69.3. The van der Waals surface area contributed by atoms with Gasteiger partial charge in [0.2, 0.25) is 0 Å². The van der Waals surface area contributed by atoms with Crippen molar-refractivity contribution < 1.29 is 25.5 Å². The molecule has 350 valence electrons. The van der Waals surface area contributed by atoms with Crippen LogP contribution in [0.25, 0.3) is 11.3 Å². The Balaban J connectivity index is -0.000000181. The van der Waals surface area contributed by atoms with Crippen molar-refractivity contribution in [3.63, 3.8) is 0 Å². The molecule has 4 heteroatoms. The molecule has 1 aromatic rings. The molecule has 0 atom stereocenters. The molecule has 2 nitrogen and oxygen atoms in total. The van der Waals surface area contributed by atoms with E-state index in [0.29, 0.717) is 5.70 Å². The molecule has 3 rings (SSSR count). The monoisotopic (exact) mass is 1000 g/mol. The molecular formula is C56H99FN2W-4. The molecule has 0 radical (unpaired) electrons. The molecule has 0 bridgehead atoms. The minimum Gasteiger partial charge on any atom is -0.699 e. The average Bonchev–Trinajstić information content (AvgIpc) is 3.14. The minimum atomic E-state index is -0.234. The van der Waals surface area contributed by atoms with Gasteiger partial charge in [0.15, 0.2) is 0 Å². The Morgan fingerprint density at radius 3 is 1.75 bits per heavy atom. The van der Waals surface area contributed by atoms with Gasteiger partial charge in [-0.3, -0.25) is 0 Å². The van der Waals surface area contributed by atoms with Crippen LogP contribution < -0.4 is 5.32 Å². The quantitative estimate of drug-likeness (QED) is 0.0808. The zero-order chi connectivity index (χ0) is 45.5. The predicted octanol–water partition coefficient (Wildman–Crippen LogP) is 19.6. The van der Waals surface area contributed by atoms with Crippen LogP contribution in [0.15, 0.2) is 90.1 Å². The summed E-state index contributed by atoms with van der Waals surface area (Å²) in [6.45, 7) is 44.1. The minimum absolute atomic E-state index is 0. The molecule has 1 fully saturated rings. The summed E-state index contributed by atoms with van der Waals surface area (Å²) in [6.07, 6.45) is 31.2. The Morgan fingerprint density at radius 2 is 1.42 bits per heavy atom. The fourth-order valence-corrected chi connectivity index (χ4v) is 6.87. The average molecular weight is 1000 g/mol. The summed E-state index contributed by atoms with van der Waals surface area (Å²) in [4.78, 5) is 0. The number of benzene rings is 1. The third-order valence-electron chi connectivity index (χ3n) is 9.20. The number of hydrogen-bond acceptors (Lipinski definition) is 1. The first-order valence-electron chi connectivity index (χ1n) is 23.0. The van der Waals surface area contributed by atoms with E-state index in [2.05, 4.69) is 104 Å². The van der Waals surface area contributed by atoms with Crippen LogP contribution in [-0.2, 0) is 26.5 Å². The summed E-state index contributed by atoms with van der Waals surface area (Å²) in [5, 5.41) is 2.68. The molecule has 60 heavy (non-hydrogen) atoms. The van der Waals surface area contributed by atoms with E-state index in [-0.39, 0.29) is 46.3 Å². The van der Waals surface area contributed by atoms with Crippen molar-refractivity contribution >= 4 is 5.57 Å². The Hall–Kier alpha value is -2.38. The van der Waals surface area contributed by atoms with Crippen LogP contribution in [0.3, 0.4) is 0 Å². The van der Waals surface area contributed by atoms with Crippen LogP contribution in [-0.4, -0.2) is 6.54 Å². The molecule has 1 heterocycles. The SMILES string of the molecule is C=C(C)C.C=C(C)C(CCC)(CCC)c1ccc(C(/C=C(/[NH-])C=C(C)C)=C/C)cc1C.CC.CCC.CCCCCCCC1CC(C)C1.C[CH-]C.FC1=[C-]C=CNC1.[CH3-].[W]. The molecule has 1 aliphatic heterocycles. The van der Waals surface area contributed by atoms with Crippen LogP contribution in [0.4, 0.5) is 4.39 Å². The van der Waals surface area contributed by atoms with Gasteiger partial charge in [0.25, 0.3) is 0 Å². The molecule has 1 aliphatic carbocycles. The molecule has 0 spiro atoms. The van der Waals surface area contributed by atoms with E-state index in [0.717, 1.165) is 48.7 Å². The summed E-state index contributed by atoms with van der Waals surface area (Å²) < 4.78 is 11.9. The van der Waals surface area contributed by atoms with Crippen molar-refractivity contribution in [1.29, 1.82) is 0 Å². The van der Waals surface area contributed by atoms with E-state index in [9.17, 15) is 4.39 Å². The van der Waals surface area contributed by atoms with E-state index in [1.165, 1.54) is 91.7 Å². The Morgan fingerprint density at radius 1 is 0.917 bits per heavy atom. The Bertz CT molecular complexity index is 1310. The van der Waals surface area contributed by atoms with Crippen molar-refractivity contribution in [3.05, 3.63) is 132 Å². The first-order chi connectivity index (χ1) is 27.5. The molecule has 2 aliphatic rings. The van der Waals surface area contributed by atoms with Crippen molar-refractivity contribution in [2.24, 2.45) is 11.8 Å². The van der Waals surface area contributed by atoms with Crippen molar-refractivity contribution in [2.75, 3.05) is 6.54 Å². The van der Waals surface area contributed by atoms with Crippen LogP contribution in [0, 0.1) is 38.7 Å². The van der Waals surface area contributed by atoms with E-state index < -0.39 is 0 Å². The second-order valence-electron chi connectivity index (χ2n) is 16.4. The van der Waals surface area contributed by atoms with Gasteiger partial charge in [-0.1, -0.05) is 173 Å². The summed E-state index contributed by atoms with van der Waals surface area (Å²) in [6, 6.07) is 6.79. The number of allylic oxidation sites excluding steroid dienone is 9. The standard InChI is InChI=1S/C26H38N.C12H24.C5H5FN.C4H8.C3H8.C3H7.C2H6.CH3.W/c1-9-14-26(15-10-2,20(6)7)25-13-12-23(17-21(25)8)22(11-3)18-24(27)16-19(4)5;1-3-4-5-6-7-8-12-9-11(2)10-12;6-5-2-1-3-7-4-5;1-4(2)3;2*1-3-2;1-2;;/h11-13,16-18,27H,6,9-10,14-15H2,1-5,7-8H3;11-12H,3-10H2,1-2H3;1,3,7H,4H2;1H2,2-3H3;3H2,1-2H3;3H,1-2H3;1-2H3;1H3;/q-1;;-1;;;-1;;-1;/b22-11+,24-18+;;;;;;;;. The maximum absolute atomic E-state index is 11.9. The van der Waals surface area contributed by atoms with Gasteiger partial charge in [-0.05, 0) is 108 Å². The second kappa shape index (κ2) is 46.1. The fraction of sp³-hybridized carbons (Fsp3) is 0.607. The molecule has 1 aromatic carbocycles. The van der Waals surface area contributed by atoms with Gasteiger partial charge in [-0.2, -0.15) is 20.0 Å². The summed E-state index contributed by atoms with van der Waals surface area (Å²) >= 11 is 0. The van der Waals surface area contributed by atoms with Gasteiger partial charge >= 0.3 is 0 Å². The van der Waals surface area contributed by atoms with Crippen LogP contribution >= 0.6 is 0 Å². The van der Waals surface area contributed by atoms with Crippen molar-refractivity contribution in [1.82, 2.24) is 5.32 Å². The molecule has 0 amide bonds. The van der Waals surface area contributed by atoms with E-state index in [1.807, 2.05) is 80.9 Å². The van der Waals surface area contributed by atoms with Gasteiger partial charge in [0, 0.05) is 38.9 Å². The van der Waals surface area contributed by atoms with Gasteiger partial charge in [0.1, 0.15) is 0 Å². The van der Waals surface area contributed by atoms with Gasteiger partial charge < -0.3 is 24.9 Å². The van der Waals surface area contributed by atoms with E-state index in [1.54, 1.807) is 6.20 Å². The maximum atomic E-state index is 11.9. The smallest absolute Gasteiger partial charge is 0.0327 e. The third-order valence-corrected chi connectivity index (χ3v) is 9.20. The van der Waals surface area contributed by atoms with Gasteiger partial charge in [0.05, 0.1) is 0 Å². The number of dihydropyridines is 1. The summed E-state index contributed by atoms with van der Waals surface area (Å²) in [7, 11) is 0. The topological polar surface area (TPSA) is 35.8 Å². The molecule has 0 unspecified atom stereocenters. The first-order valence-corrected chi connectivity index (χ1v) is 23.0. The van der Waals surface area contributed by atoms with Crippen LogP contribution in [0.5, 0.6) is 0 Å². The number of nitrogens with one attached hydrogen (secondary N) is 2. The number of aryl methyl sites for hydroxylation is 1. The Labute approximate surface area is 391 Å². The normalized spacial score (nSPS) is 14.7. The number of rotatable bonds is 15. The maximum Gasteiger partial charge on any atom is 0.0327 e.